The van der Waals surface area contributed by atoms with E-state index in [9.17, 15) is 4.79 Å². The van der Waals surface area contributed by atoms with Crippen LogP contribution < -0.4 is 5.32 Å². The molecular formula is C16H22Cl3N3O2. The lowest BCUT2D eigenvalue weighted by Gasteiger charge is -2.23. The Hall–Kier alpha value is -1.01. The molecule has 1 aromatic rings. The van der Waals surface area contributed by atoms with Gasteiger partial charge in [-0.2, -0.15) is 0 Å². The smallest absolute Gasteiger partial charge is 0.407 e. The van der Waals surface area contributed by atoms with Gasteiger partial charge in [0.15, 0.2) is 0 Å². The Morgan fingerprint density at radius 3 is 2.67 bits per heavy atom. The van der Waals surface area contributed by atoms with Gasteiger partial charge < -0.3 is 10.1 Å². The highest BCUT2D eigenvalue weighted by atomic mass is 35.5. The number of rotatable bonds is 7. The second kappa shape index (κ2) is 10.1. The normalized spacial score (nSPS) is 12.4. The van der Waals surface area contributed by atoms with Crippen molar-refractivity contribution in [2.75, 3.05) is 19.6 Å². The Balaban J connectivity index is 2.56. The van der Waals surface area contributed by atoms with Crippen LogP contribution in [0.1, 0.15) is 26.3 Å². The molecule has 0 aliphatic carbocycles. The molecule has 134 valence electrons. The first kappa shape index (κ1) is 21.0. The SMILES string of the molecule is CC(C)(C)OC(=O)NCCN(C/C(Cl)=C\Cl)Cc1ccc(Cl)nc1. The molecule has 1 heterocycles. The lowest BCUT2D eigenvalue weighted by molar-refractivity contribution is 0.0522. The summed E-state index contributed by atoms with van der Waals surface area (Å²) in [6, 6.07) is 3.62. The molecule has 1 N–H and O–H groups in total. The van der Waals surface area contributed by atoms with E-state index in [0.29, 0.717) is 36.4 Å². The minimum absolute atomic E-state index is 0.419. The van der Waals surface area contributed by atoms with Gasteiger partial charge in [-0.3, -0.25) is 4.90 Å². The zero-order chi connectivity index (χ0) is 18.2. The van der Waals surface area contributed by atoms with Gasteiger partial charge in [0.05, 0.1) is 0 Å². The fourth-order valence-corrected chi connectivity index (χ4v) is 2.20. The third-order valence-electron chi connectivity index (χ3n) is 2.78. The Morgan fingerprint density at radius 1 is 1.42 bits per heavy atom. The predicted molar refractivity (Wildman–Crippen MR) is 98.5 cm³/mol. The van der Waals surface area contributed by atoms with Crippen molar-refractivity contribution < 1.29 is 9.53 Å². The average molecular weight is 395 g/mol. The first-order valence-electron chi connectivity index (χ1n) is 7.44. The van der Waals surface area contributed by atoms with Crippen molar-refractivity contribution >= 4 is 40.9 Å². The zero-order valence-electron chi connectivity index (χ0n) is 14.0. The molecule has 24 heavy (non-hydrogen) atoms. The predicted octanol–water partition coefficient (Wildman–Crippen LogP) is 4.38. The first-order valence-corrected chi connectivity index (χ1v) is 8.63. The van der Waals surface area contributed by atoms with Crippen molar-refractivity contribution in [2.24, 2.45) is 0 Å². The fourth-order valence-electron chi connectivity index (χ4n) is 1.85. The van der Waals surface area contributed by atoms with Crippen LogP contribution in [0.5, 0.6) is 0 Å². The summed E-state index contributed by atoms with van der Waals surface area (Å²) in [6.07, 6.45) is 1.25. The first-order chi connectivity index (χ1) is 11.2. The second-order valence-electron chi connectivity index (χ2n) is 6.18. The van der Waals surface area contributed by atoms with Crippen LogP contribution in [0.3, 0.4) is 0 Å². The van der Waals surface area contributed by atoms with E-state index in [1.54, 1.807) is 12.3 Å². The summed E-state index contributed by atoms with van der Waals surface area (Å²) in [5, 5.41) is 3.67. The third-order valence-corrected chi connectivity index (χ3v) is 3.61. The number of amides is 1. The molecule has 1 amide bonds. The standard InChI is InChI=1S/C16H22Cl3N3O2/c1-16(2,3)24-15(23)20-6-7-22(11-13(18)8-17)10-12-4-5-14(19)21-9-12/h4-5,8-9H,6-7,10-11H2,1-3H3,(H,20,23)/b13-8+. The maximum Gasteiger partial charge on any atom is 0.407 e. The number of alkyl carbamates (subject to hydrolysis) is 1. The van der Waals surface area contributed by atoms with Crippen LogP contribution in [0.25, 0.3) is 0 Å². The Bertz CT molecular complexity index is 557. The Labute approximate surface area is 157 Å². The number of nitrogens with zero attached hydrogens (tertiary/aromatic N) is 2. The van der Waals surface area contributed by atoms with Gasteiger partial charge in [-0.15, -0.1) is 0 Å². The summed E-state index contributed by atoms with van der Waals surface area (Å²) in [4.78, 5) is 17.8. The largest absolute Gasteiger partial charge is 0.444 e. The van der Waals surface area contributed by atoms with Gasteiger partial charge in [0, 0.05) is 42.9 Å². The number of hydrogen-bond acceptors (Lipinski definition) is 4. The number of ether oxygens (including phenoxy) is 1. The molecule has 0 fully saturated rings. The summed E-state index contributed by atoms with van der Waals surface area (Å²) in [6.45, 7) is 7.50. The van der Waals surface area contributed by atoms with E-state index in [2.05, 4.69) is 10.3 Å². The van der Waals surface area contributed by atoms with Gasteiger partial charge in [0.1, 0.15) is 10.8 Å². The van der Waals surface area contributed by atoms with Crippen LogP contribution >= 0.6 is 34.8 Å². The maximum absolute atomic E-state index is 11.7. The van der Waals surface area contributed by atoms with Gasteiger partial charge in [-0.1, -0.05) is 40.9 Å². The van der Waals surface area contributed by atoms with E-state index >= 15 is 0 Å². The van der Waals surface area contributed by atoms with Gasteiger partial charge in [0.25, 0.3) is 0 Å². The third kappa shape index (κ3) is 9.33. The van der Waals surface area contributed by atoms with E-state index in [-0.39, 0.29) is 0 Å². The van der Waals surface area contributed by atoms with Crippen LogP contribution in [0.2, 0.25) is 5.15 Å². The van der Waals surface area contributed by atoms with Gasteiger partial charge in [-0.25, -0.2) is 9.78 Å². The number of carbonyl (C=O) groups excluding carboxylic acids is 1. The van der Waals surface area contributed by atoms with Crippen molar-refractivity contribution in [1.29, 1.82) is 0 Å². The molecule has 0 saturated carbocycles. The molecule has 5 nitrogen and oxygen atoms in total. The molecule has 0 aliphatic heterocycles. The fraction of sp³-hybridized carbons (Fsp3) is 0.500. The monoisotopic (exact) mass is 393 g/mol. The van der Waals surface area contributed by atoms with E-state index < -0.39 is 11.7 Å². The molecule has 0 unspecified atom stereocenters. The highest BCUT2D eigenvalue weighted by Gasteiger charge is 2.16. The van der Waals surface area contributed by atoms with Crippen LogP contribution in [0.15, 0.2) is 28.9 Å². The average Bonchev–Trinajstić information content (AvgIpc) is 2.47. The maximum atomic E-state index is 11.7. The minimum Gasteiger partial charge on any atom is -0.444 e. The molecule has 0 bridgehead atoms. The van der Waals surface area contributed by atoms with E-state index in [1.807, 2.05) is 31.7 Å². The lowest BCUT2D eigenvalue weighted by Crippen LogP contribution is -2.38. The van der Waals surface area contributed by atoms with Gasteiger partial charge >= 0.3 is 6.09 Å². The highest BCUT2D eigenvalue weighted by Crippen LogP contribution is 2.12. The van der Waals surface area contributed by atoms with Crippen molar-refractivity contribution in [1.82, 2.24) is 15.2 Å². The summed E-state index contributed by atoms with van der Waals surface area (Å²) < 4.78 is 5.20. The van der Waals surface area contributed by atoms with Crippen LogP contribution in [-0.4, -0.2) is 41.2 Å². The zero-order valence-corrected chi connectivity index (χ0v) is 16.3. The van der Waals surface area contributed by atoms with Crippen molar-refractivity contribution in [3.63, 3.8) is 0 Å². The molecular weight excluding hydrogens is 373 g/mol. The van der Waals surface area contributed by atoms with Gasteiger partial charge in [0.2, 0.25) is 0 Å². The van der Waals surface area contributed by atoms with Gasteiger partial charge in [-0.05, 0) is 32.4 Å². The van der Waals surface area contributed by atoms with E-state index in [1.165, 1.54) is 5.54 Å². The lowest BCUT2D eigenvalue weighted by atomic mass is 10.2. The second-order valence-corrected chi connectivity index (χ2v) is 7.28. The summed E-state index contributed by atoms with van der Waals surface area (Å²) in [7, 11) is 0. The molecule has 1 aromatic heterocycles. The van der Waals surface area contributed by atoms with Crippen LogP contribution in [-0.2, 0) is 11.3 Å². The Kier molecular flexibility index (Phi) is 8.84. The molecule has 0 radical (unpaired) electrons. The van der Waals surface area contributed by atoms with E-state index in [4.69, 9.17) is 39.5 Å². The summed E-state index contributed by atoms with van der Waals surface area (Å²) in [5.41, 5.74) is 1.79. The minimum atomic E-state index is -0.524. The van der Waals surface area contributed by atoms with Crippen molar-refractivity contribution in [3.05, 3.63) is 39.6 Å². The summed E-state index contributed by atoms with van der Waals surface area (Å²) in [5.74, 6) is 0. The molecule has 1 rings (SSSR count). The quantitative estimate of drug-likeness (QED) is 0.697. The topological polar surface area (TPSA) is 54.5 Å². The molecule has 0 saturated heterocycles. The number of aromatic nitrogens is 1. The molecule has 0 spiro atoms. The highest BCUT2D eigenvalue weighted by molar-refractivity contribution is 6.36. The number of nitrogens with one attached hydrogen (secondary N) is 1. The van der Waals surface area contributed by atoms with Crippen LogP contribution in [0.4, 0.5) is 4.79 Å². The Morgan fingerprint density at radius 2 is 2.12 bits per heavy atom. The molecule has 0 atom stereocenters. The summed E-state index contributed by atoms with van der Waals surface area (Å²) >= 11 is 17.4. The molecule has 0 aromatic carbocycles. The molecule has 0 aliphatic rings. The number of pyridine rings is 1. The molecule has 8 heteroatoms. The van der Waals surface area contributed by atoms with Crippen molar-refractivity contribution in [3.8, 4) is 0 Å². The van der Waals surface area contributed by atoms with Crippen molar-refractivity contribution in [2.45, 2.75) is 32.9 Å². The van der Waals surface area contributed by atoms with Crippen LogP contribution in [0, 0.1) is 0 Å². The number of halogens is 3. The number of hydrogen-bond donors (Lipinski definition) is 1. The number of carbonyl (C=O) groups is 1. The van der Waals surface area contributed by atoms with E-state index in [0.717, 1.165) is 5.56 Å².